The van der Waals surface area contributed by atoms with Gasteiger partial charge >= 0.3 is 0 Å². The van der Waals surface area contributed by atoms with Crippen molar-refractivity contribution in [3.05, 3.63) is 36.1 Å². The summed E-state index contributed by atoms with van der Waals surface area (Å²) in [5.41, 5.74) is 1.35. The highest BCUT2D eigenvalue weighted by Crippen LogP contribution is 2.16. The number of hydrogen-bond donors (Lipinski definition) is 0. The molecule has 0 N–H and O–H groups in total. The molecule has 0 atom stereocenters. The zero-order valence-corrected chi connectivity index (χ0v) is 10.0. The molecule has 0 heterocycles. The minimum absolute atomic E-state index is 0.0292. The Morgan fingerprint density at radius 2 is 1.80 bits per heavy atom. The van der Waals surface area contributed by atoms with Crippen LogP contribution in [0.4, 0.5) is 0 Å². The molecular formula is C13H19NO. The Labute approximate surface area is 92.6 Å². The molecule has 2 heteroatoms. The van der Waals surface area contributed by atoms with E-state index in [0.717, 1.165) is 5.57 Å². The predicted molar refractivity (Wildman–Crippen MR) is 63.0 cm³/mol. The summed E-state index contributed by atoms with van der Waals surface area (Å²) in [6.45, 7) is 15.5. The fourth-order valence-corrected chi connectivity index (χ4v) is 0.875. The van der Waals surface area contributed by atoms with Gasteiger partial charge in [0.05, 0.1) is 11.7 Å². The van der Waals surface area contributed by atoms with Crippen LogP contribution in [0, 0.1) is 17.2 Å². The van der Waals surface area contributed by atoms with E-state index in [1.807, 2.05) is 27.7 Å². The molecule has 0 aliphatic carbocycles. The lowest BCUT2D eigenvalue weighted by molar-refractivity contribution is 0.157. The quantitative estimate of drug-likeness (QED) is 0.390. The Morgan fingerprint density at radius 1 is 1.27 bits per heavy atom. The number of hydrogen-bond acceptors (Lipinski definition) is 2. The minimum atomic E-state index is 0.0292. The molecule has 15 heavy (non-hydrogen) atoms. The Morgan fingerprint density at radius 3 is 2.13 bits per heavy atom. The Bertz CT molecular complexity index is 316. The van der Waals surface area contributed by atoms with Gasteiger partial charge in [0.25, 0.3) is 0 Å². The van der Waals surface area contributed by atoms with Gasteiger partial charge in [-0.25, -0.2) is 0 Å². The molecule has 0 unspecified atom stereocenters. The van der Waals surface area contributed by atoms with Gasteiger partial charge in [0.1, 0.15) is 11.8 Å². The maximum absolute atomic E-state index is 8.94. The van der Waals surface area contributed by atoms with Crippen LogP contribution in [0.2, 0.25) is 0 Å². The molecule has 0 saturated heterocycles. The first-order valence-electron chi connectivity index (χ1n) is 5.05. The fourth-order valence-electron chi connectivity index (χ4n) is 0.875. The highest BCUT2D eigenvalue weighted by atomic mass is 16.5. The maximum atomic E-state index is 8.94. The van der Waals surface area contributed by atoms with Crippen LogP contribution >= 0.6 is 0 Å². The van der Waals surface area contributed by atoms with Crippen LogP contribution in [0.25, 0.3) is 0 Å². The third-order valence-electron chi connectivity index (χ3n) is 1.87. The van der Waals surface area contributed by atoms with E-state index in [-0.39, 0.29) is 6.10 Å². The van der Waals surface area contributed by atoms with Crippen LogP contribution in [-0.2, 0) is 4.74 Å². The molecule has 82 valence electrons. The molecule has 0 aromatic rings. The summed E-state index contributed by atoms with van der Waals surface area (Å²) in [6.07, 6.45) is 1.76. The first-order valence-corrected chi connectivity index (χ1v) is 5.05. The third-order valence-corrected chi connectivity index (χ3v) is 1.87. The minimum Gasteiger partial charge on any atom is -0.490 e. The summed E-state index contributed by atoms with van der Waals surface area (Å²) < 4.78 is 5.36. The smallest absolute Gasteiger partial charge is 0.130 e. The summed E-state index contributed by atoms with van der Waals surface area (Å²) in [4.78, 5) is 0. The molecule has 0 bridgehead atoms. The Balaban J connectivity index is 4.71. The van der Waals surface area contributed by atoms with Gasteiger partial charge in [-0.3, -0.25) is 0 Å². The number of nitrogens with zero attached hydrogens (tertiary/aromatic N) is 1. The molecule has 0 rings (SSSR count). The van der Waals surface area contributed by atoms with Gasteiger partial charge in [0.15, 0.2) is 0 Å². The Kier molecular flexibility index (Phi) is 5.48. The van der Waals surface area contributed by atoms with Crippen molar-refractivity contribution in [2.45, 2.75) is 33.8 Å². The van der Waals surface area contributed by atoms with Crippen molar-refractivity contribution in [3.8, 4) is 6.07 Å². The third kappa shape index (κ3) is 5.07. The standard InChI is InChI=1S/C13H19NO/c1-9(2)11(5)7-13(8-14)12(6)15-10(3)4/h7,9-10H,5-6H2,1-4H3/b13-7-. The van der Waals surface area contributed by atoms with E-state index in [9.17, 15) is 0 Å². The molecule has 0 radical (unpaired) electrons. The lowest BCUT2D eigenvalue weighted by atomic mass is 10.0. The van der Waals surface area contributed by atoms with Crippen molar-refractivity contribution >= 4 is 0 Å². The predicted octanol–water partition coefficient (Wildman–Crippen LogP) is 3.59. The van der Waals surface area contributed by atoms with Crippen LogP contribution < -0.4 is 0 Å². The summed E-state index contributed by atoms with van der Waals surface area (Å²) in [6, 6.07) is 2.07. The van der Waals surface area contributed by atoms with Crippen molar-refractivity contribution < 1.29 is 4.74 Å². The normalized spacial score (nSPS) is 11.4. The number of ether oxygens (including phenoxy) is 1. The van der Waals surface area contributed by atoms with Crippen LogP contribution in [0.1, 0.15) is 27.7 Å². The van der Waals surface area contributed by atoms with Crippen LogP contribution in [0.15, 0.2) is 36.1 Å². The van der Waals surface area contributed by atoms with E-state index in [4.69, 9.17) is 10.00 Å². The van der Waals surface area contributed by atoms with Gasteiger partial charge in [0.2, 0.25) is 0 Å². The average molecular weight is 205 g/mol. The van der Waals surface area contributed by atoms with E-state index in [1.165, 1.54) is 0 Å². The Hall–Kier alpha value is -1.49. The zero-order chi connectivity index (χ0) is 12.0. The van der Waals surface area contributed by atoms with Gasteiger partial charge in [0, 0.05) is 0 Å². The molecule has 0 saturated carbocycles. The van der Waals surface area contributed by atoms with Crippen LogP contribution in [0.5, 0.6) is 0 Å². The summed E-state index contributed by atoms with van der Waals surface area (Å²) in [5.74, 6) is 0.731. The molecule has 0 aliphatic heterocycles. The monoisotopic (exact) mass is 205 g/mol. The number of nitriles is 1. The highest BCUT2D eigenvalue weighted by molar-refractivity contribution is 5.42. The van der Waals surface area contributed by atoms with Crippen LogP contribution in [0.3, 0.4) is 0 Å². The lowest BCUT2D eigenvalue weighted by Crippen LogP contribution is -2.03. The second-order valence-electron chi connectivity index (χ2n) is 3.99. The van der Waals surface area contributed by atoms with E-state index < -0.39 is 0 Å². The van der Waals surface area contributed by atoms with Gasteiger partial charge in [-0.05, 0) is 25.8 Å². The van der Waals surface area contributed by atoms with E-state index in [1.54, 1.807) is 6.08 Å². The number of rotatable bonds is 5. The molecule has 0 fully saturated rings. The maximum Gasteiger partial charge on any atom is 0.130 e. The fraction of sp³-hybridized carbons (Fsp3) is 0.462. The van der Waals surface area contributed by atoms with Crippen molar-refractivity contribution in [1.29, 1.82) is 5.26 Å². The van der Waals surface area contributed by atoms with Crippen molar-refractivity contribution in [3.63, 3.8) is 0 Å². The van der Waals surface area contributed by atoms with Gasteiger partial charge in [-0.1, -0.05) is 32.6 Å². The molecule has 0 aromatic heterocycles. The van der Waals surface area contributed by atoms with Gasteiger partial charge in [-0.15, -0.1) is 0 Å². The topological polar surface area (TPSA) is 33.0 Å². The zero-order valence-electron chi connectivity index (χ0n) is 10.0. The van der Waals surface area contributed by atoms with Crippen molar-refractivity contribution in [2.75, 3.05) is 0 Å². The molecule has 0 aromatic carbocycles. The summed E-state index contributed by atoms with van der Waals surface area (Å²) in [5, 5.41) is 8.94. The van der Waals surface area contributed by atoms with Crippen LogP contribution in [-0.4, -0.2) is 6.10 Å². The highest BCUT2D eigenvalue weighted by Gasteiger charge is 2.07. The summed E-state index contributed by atoms with van der Waals surface area (Å²) >= 11 is 0. The second kappa shape index (κ2) is 6.08. The molecule has 0 amide bonds. The van der Waals surface area contributed by atoms with Crippen molar-refractivity contribution in [1.82, 2.24) is 0 Å². The largest absolute Gasteiger partial charge is 0.490 e. The average Bonchev–Trinajstić information content (AvgIpc) is 2.11. The molecular weight excluding hydrogens is 186 g/mol. The van der Waals surface area contributed by atoms with E-state index in [0.29, 0.717) is 17.3 Å². The SMILES string of the molecule is C=C(OC(C)C)/C(C#N)=C\C(=C)C(C)C. The number of allylic oxidation sites excluding steroid dienone is 3. The first kappa shape index (κ1) is 13.5. The first-order chi connectivity index (χ1) is 6.88. The molecule has 2 nitrogen and oxygen atoms in total. The molecule has 0 aliphatic rings. The van der Waals surface area contributed by atoms with E-state index in [2.05, 4.69) is 19.2 Å². The second-order valence-corrected chi connectivity index (χ2v) is 3.99. The van der Waals surface area contributed by atoms with E-state index >= 15 is 0 Å². The van der Waals surface area contributed by atoms with Gasteiger partial charge < -0.3 is 4.74 Å². The summed E-state index contributed by atoms with van der Waals surface area (Å²) in [7, 11) is 0. The molecule has 0 spiro atoms. The van der Waals surface area contributed by atoms with Gasteiger partial charge in [-0.2, -0.15) is 5.26 Å². The lowest BCUT2D eigenvalue weighted by Gasteiger charge is -2.12. The van der Waals surface area contributed by atoms with Crippen molar-refractivity contribution in [2.24, 2.45) is 5.92 Å².